The monoisotopic (exact) mass is 550 g/mol. The van der Waals surface area contributed by atoms with Crippen molar-refractivity contribution in [2.24, 2.45) is 5.41 Å². The molecule has 0 atom stereocenters. The molecule has 0 radical (unpaired) electrons. The molecular weight excluding hydrogens is 516 g/mol. The predicted molar refractivity (Wildman–Crippen MR) is 136 cm³/mol. The number of hydrogen-bond acceptors (Lipinski definition) is 6. The molecule has 0 spiro atoms. The number of amides is 1. The van der Waals surface area contributed by atoms with Crippen molar-refractivity contribution in [1.29, 1.82) is 0 Å². The van der Waals surface area contributed by atoms with Gasteiger partial charge in [-0.1, -0.05) is 12.1 Å². The molecule has 4 rings (SSSR count). The smallest absolute Gasteiger partial charge is 0.381 e. The number of hydrogen-bond donors (Lipinski definition) is 1. The number of ketones is 1. The van der Waals surface area contributed by atoms with Crippen LogP contribution in [0.4, 0.5) is 23.4 Å². The maximum absolute atomic E-state index is 15.8. The zero-order chi connectivity index (χ0) is 28.0. The van der Waals surface area contributed by atoms with Crippen LogP contribution in [0.3, 0.4) is 0 Å². The van der Waals surface area contributed by atoms with Crippen LogP contribution < -0.4 is 10.2 Å². The van der Waals surface area contributed by atoms with Crippen LogP contribution in [0.25, 0.3) is 0 Å². The molecule has 1 aromatic heterocycles. The van der Waals surface area contributed by atoms with E-state index >= 15 is 4.39 Å². The Morgan fingerprint density at radius 1 is 1.13 bits per heavy atom. The van der Waals surface area contributed by atoms with Gasteiger partial charge in [-0.25, -0.2) is 14.4 Å². The van der Waals surface area contributed by atoms with E-state index in [1.807, 2.05) is 0 Å². The highest BCUT2D eigenvalue weighted by atomic mass is 19.4. The van der Waals surface area contributed by atoms with Gasteiger partial charge in [0, 0.05) is 45.2 Å². The second-order valence-corrected chi connectivity index (χ2v) is 10.6. The maximum Gasteiger partial charge on any atom is 0.416 e. The Labute approximate surface area is 225 Å². The van der Waals surface area contributed by atoms with E-state index in [0.717, 1.165) is 25.0 Å². The third-order valence-corrected chi connectivity index (χ3v) is 7.52. The molecule has 1 saturated heterocycles. The van der Waals surface area contributed by atoms with Gasteiger partial charge in [-0.15, -0.1) is 0 Å². The number of carbonyl (C=O) groups is 2. The van der Waals surface area contributed by atoms with E-state index in [0.29, 0.717) is 51.0 Å². The first-order chi connectivity index (χ1) is 18.6. The van der Waals surface area contributed by atoms with Crippen LogP contribution in [0.2, 0.25) is 0 Å². The van der Waals surface area contributed by atoms with E-state index in [1.54, 1.807) is 4.90 Å². The lowest BCUT2D eigenvalue weighted by molar-refractivity contribution is -0.137. The van der Waals surface area contributed by atoms with Gasteiger partial charge in [0.25, 0.3) is 0 Å². The number of rotatable bonds is 12. The lowest BCUT2D eigenvalue weighted by Gasteiger charge is -2.37. The van der Waals surface area contributed by atoms with Crippen LogP contribution in [0.15, 0.2) is 30.6 Å². The standard InChI is InChI=1S/C28H34F4N4O3/c1-19(37)9-13-33-24(38)16-27(11-14-39-15-12-27)10-8-23-25(29)26(35-18-34-23)36(22-6-7-22)17-20-2-4-21(5-3-20)28(30,31)32/h2-5,18,22H,6-17H2,1H3,(H,33,38). The Morgan fingerprint density at radius 3 is 2.44 bits per heavy atom. The van der Waals surface area contributed by atoms with E-state index in [9.17, 15) is 22.8 Å². The summed E-state index contributed by atoms with van der Waals surface area (Å²) in [6.45, 7) is 3.03. The van der Waals surface area contributed by atoms with Crippen LogP contribution in [0.1, 0.15) is 68.7 Å². The topological polar surface area (TPSA) is 84.4 Å². The molecule has 212 valence electrons. The summed E-state index contributed by atoms with van der Waals surface area (Å²) in [4.78, 5) is 34.0. The Hall–Kier alpha value is -3.08. The number of anilines is 1. The number of carbonyl (C=O) groups excluding carboxylic acids is 2. The van der Waals surface area contributed by atoms with Gasteiger partial charge in [-0.2, -0.15) is 13.2 Å². The Kier molecular flexibility index (Phi) is 9.19. The summed E-state index contributed by atoms with van der Waals surface area (Å²) in [5, 5.41) is 2.80. The summed E-state index contributed by atoms with van der Waals surface area (Å²) in [5.74, 6) is -0.530. The highest BCUT2D eigenvalue weighted by Gasteiger charge is 2.36. The van der Waals surface area contributed by atoms with Crippen molar-refractivity contribution in [3.63, 3.8) is 0 Å². The second kappa shape index (κ2) is 12.4. The van der Waals surface area contributed by atoms with Crippen molar-refractivity contribution in [1.82, 2.24) is 15.3 Å². The summed E-state index contributed by atoms with van der Waals surface area (Å²) >= 11 is 0. The van der Waals surface area contributed by atoms with Crippen molar-refractivity contribution >= 4 is 17.5 Å². The molecule has 1 amide bonds. The molecule has 11 heteroatoms. The summed E-state index contributed by atoms with van der Waals surface area (Å²) in [5.41, 5.74) is -0.214. The third-order valence-electron chi connectivity index (χ3n) is 7.52. The average molecular weight is 551 g/mol. The molecule has 1 N–H and O–H groups in total. The summed E-state index contributed by atoms with van der Waals surface area (Å²) in [6, 6.07) is 4.95. The molecule has 1 aliphatic heterocycles. The van der Waals surface area contributed by atoms with E-state index < -0.39 is 17.6 Å². The number of aromatic nitrogens is 2. The van der Waals surface area contributed by atoms with Crippen LogP contribution in [-0.2, 0) is 33.5 Å². The van der Waals surface area contributed by atoms with Gasteiger partial charge in [-0.05, 0) is 68.6 Å². The fourth-order valence-electron chi connectivity index (χ4n) is 5.01. The Morgan fingerprint density at radius 2 is 1.82 bits per heavy atom. The van der Waals surface area contributed by atoms with Crippen LogP contribution in [0.5, 0.6) is 0 Å². The molecule has 39 heavy (non-hydrogen) atoms. The lowest BCUT2D eigenvalue weighted by atomic mass is 9.73. The predicted octanol–water partition coefficient (Wildman–Crippen LogP) is 5.02. The molecule has 7 nitrogen and oxygen atoms in total. The minimum absolute atomic E-state index is 0.00434. The van der Waals surface area contributed by atoms with Gasteiger partial charge < -0.3 is 15.0 Å². The molecule has 2 aliphatic rings. The fraction of sp³-hybridized carbons (Fsp3) is 0.571. The van der Waals surface area contributed by atoms with Gasteiger partial charge in [0.05, 0.1) is 11.3 Å². The summed E-state index contributed by atoms with van der Waals surface area (Å²) in [6.07, 6.45) is 1.30. The highest BCUT2D eigenvalue weighted by Crippen LogP contribution is 2.40. The SMILES string of the molecule is CC(=O)CCNC(=O)CC1(CCc2ncnc(N(Cc3ccc(C(F)(F)F)cc3)C3CC3)c2F)CCOCC1. The van der Waals surface area contributed by atoms with Gasteiger partial charge in [-0.3, -0.25) is 9.59 Å². The highest BCUT2D eigenvalue weighted by molar-refractivity contribution is 5.79. The Balaban J connectivity index is 1.46. The summed E-state index contributed by atoms with van der Waals surface area (Å²) < 4.78 is 60.1. The molecule has 2 heterocycles. The van der Waals surface area contributed by atoms with Crippen molar-refractivity contribution in [2.45, 2.75) is 77.1 Å². The number of nitrogens with one attached hydrogen (secondary N) is 1. The minimum atomic E-state index is -4.42. The van der Waals surface area contributed by atoms with E-state index in [1.165, 1.54) is 25.4 Å². The number of alkyl halides is 3. The number of halogens is 4. The van der Waals surface area contributed by atoms with Gasteiger partial charge in [0.2, 0.25) is 5.91 Å². The average Bonchev–Trinajstić information content (AvgIpc) is 3.72. The number of Topliss-reactive ketones (excluding diaryl/α,β-unsaturated/α-hetero) is 1. The molecule has 0 unspecified atom stereocenters. The van der Waals surface area contributed by atoms with Gasteiger partial charge >= 0.3 is 6.18 Å². The van der Waals surface area contributed by atoms with Crippen LogP contribution >= 0.6 is 0 Å². The number of ether oxygens (including phenoxy) is 1. The number of benzene rings is 1. The molecule has 1 aromatic carbocycles. The second-order valence-electron chi connectivity index (χ2n) is 10.6. The van der Waals surface area contributed by atoms with Gasteiger partial charge in [0.15, 0.2) is 11.6 Å². The molecule has 1 aliphatic carbocycles. The molecule has 0 bridgehead atoms. The quantitative estimate of drug-likeness (QED) is 0.374. The van der Waals surface area contributed by atoms with E-state index in [4.69, 9.17) is 4.74 Å². The third kappa shape index (κ3) is 7.97. The van der Waals surface area contributed by atoms with Crippen LogP contribution in [-0.4, -0.2) is 47.5 Å². The fourth-order valence-corrected chi connectivity index (χ4v) is 5.01. The summed E-state index contributed by atoms with van der Waals surface area (Å²) in [7, 11) is 0. The molecular formula is C28H34F4N4O3. The first-order valence-corrected chi connectivity index (χ1v) is 13.3. The van der Waals surface area contributed by atoms with Crippen molar-refractivity contribution < 1.29 is 31.9 Å². The first kappa shape index (κ1) is 28.9. The number of nitrogens with zero attached hydrogens (tertiary/aromatic N) is 3. The maximum atomic E-state index is 15.8. The van der Waals surface area contributed by atoms with Crippen molar-refractivity contribution in [3.8, 4) is 0 Å². The van der Waals surface area contributed by atoms with Gasteiger partial charge in [0.1, 0.15) is 12.1 Å². The Bertz CT molecular complexity index is 1150. The molecule has 1 saturated carbocycles. The molecule has 2 fully saturated rings. The lowest BCUT2D eigenvalue weighted by Crippen LogP contribution is -2.37. The molecule has 2 aromatic rings. The van der Waals surface area contributed by atoms with E-state index in [2.05, 4.69) is 15.3 Å². The van der Waals surface area contributed by atoms with Crippen molar-refractivity contribution in [3.05, 3.63) is 53.2 Å². The minimum Gasteiger partial charge on any atom is -0.381 e. The van der Waals surface area contributed by atoms with Crippen molar-refractivity contribution in [2.75, 3.05) is 24.7 Å². The zero-order valence-electron chi connectivity index (χ0n) is 22.0. The normalized spacial score (nSPS) is 17.1. The van der Waals surface area contributed by atoms with E-state index in [-0.39, 0.29) is 54.0 Å². The van der Waals surface area contributed by atoms with Crippen LogP contribution in [0, 0.1) is 11.2 Å². The number of aryl methyl sites for hydroxylation is 1. The largest absolute Gasteiger partial charge is 0.416 e. The zero-order valence-corrected chi connectivity index (χ0v) is 22.0. The first-order valence-electron chi connectivity index (χ1n) is 13.3.